The molecule has 0 fully saturated rings. The summed E-state index contributed by atoms with van der Waals surface area (Å²) >= 11 is 0. The number of pyridine rings is 1. The van der Waals surface area contributed by atoms with Gasteiger partial charge in [-0.3, -0.25) is 4.98 Å². The van der Waals surface area contributed by atoms with Crippen molar-refractivity contribution in [3.05, 3.63) is 53.2 Å². The Labute approximate surface area is 114 Å². The molecule has 0 bridgehead atoms. The van der Waals surface area contributed by atoms with Crippen LogP contribution in [0.5, 0.6) is 0 Å². The zero-order chi connectivity index (χ0) is 14.0. The minimum atomic E-state index is 0.136. The summed E-state index contributed by atoms with van der Waals surface area (Å²) < 4.78 is 0. The largest absolute Gasteiger partial charge is 0.252 e. The average Bonchev–Trinajstić information content (AvgIpc) is 2.38. The second-order valence-corrected chi connectivity index (χ2v) is 5.79. The Bertz CT molecular complexity index is 626. The van der Waals surface area contributed by atoms with E-state index in [-0.39, 0.29) is 5.41 Å². The van der Waals surface area contributed by atoms with E-state index in [4.69, 9.17) is 5.26 Å². The van der Waals surface area contributed by atoms with E-state index in [2.05, 4.69) is 44.0 Å². The Hall–Kier alpha value is -2.14. The number of nitrogens with zero attached hydrogens (tertiary/aromatic N) is 2. The Morgan fingerprint density at radius 3 is 2.16 bits per heavy atom. The van der Waals surface area contributed by atoms with Gasteiger partial charge < -0.3 is 0 Å². The van der Waals surface area contributed by atoms with Gasteiger partial charge >= 0.3 is 0 Å². The van der Waals surface area contributed by atoms with Gasteiger partial charge in [0.25, 0.3) is 0 Å². The number of hydrogen-bond acceptors (Lipinski definition) is 2. The van der Waals surface area contributed by atoms with Crippen LogP contribution >= 0.6 is 0 Å². The van der Waals surface area contributed by atoms with E-state index in [0.29, 0.717) is 5.56 Å². The van der Waals surface area contributed by atoms with Crippen molar-refractivity contribution in [1.29, 1.82) is 5.26 Å². The molecule has 19 heavy (non-hydrogen) atoms. The highest BCUT2D eigenvalue weighted by molar-refractivity contribution is 5.67. The third-order valence-corrected chi connectivity index (χ3v) is 3.18. The average molecular weight is 250 g/mol. The first-order valence-corrected chi connectivity index (χ1v) is 6.40. The van der Waals surface area contributed by atoms with Crippen LogP contribution in [-0.4, -0.2) is 4.98 Å². The molecule has 2 heteroatoms. The third kappa shape index (κ3) is 2.82. The Morgan fingerprint density at radius 1 is 1.00 bits per heavy atom. The van der Waals surface area contributed by atoms with Crippen LogP contribution < -0.4 is 0 Å². The first-order chi connectivity index (χ1) is 8.91. The first kappa shape index (κ1) is 13.3. The van der Waals surface area contributed by atoms with Crippen molar-refractivity contribution in [2.24, 2.45) is 0 Å². The van der Waals surface area contributed by atoms with Crippen molar-refractivity contribution in [2.75, 3.05) is 0 Å². The molecule has 2 aromatic rings. The fraction of sp³-hybridized carbons (Fsp3) is 0.294. The summed E-state index contributed by atoms with van der Waals surface area (Å²) in [5.74, 6) is 0. The molecular weight excluding hydrogens is 232 g/mol. The van der Waals surface area contributed by atoms with Crippen LogP contribution in [0, 0.1) is 18.3 Å². The third-order valence-electron chi connectivity index (χ3n) is 3.18. The van der Waals surface area contributed by atoms with Gasteiger partial charge in [-0.2, -0.15) is 5.26 Å². The van der Waals surface area contributed by atoms with Crippen molar-refractivity contribution in [3.63, 3.8) is 0 Å². The summed E-state index contributed by atoms with van der Waals surface area (Å²) in [7, 11) is 0. The molecule has 0 spiro atoms. The van der Waals surface area contributed by atoms with Gasteiger partial charge in [0.1, 0.15) is 6.07 Å². The van der Waals surface area contributed by atoms with Gasteiger partial charge in [-0.25, -0.2) is 0 Å². The molecule has 96 valence electrons. The van der Waals surface area contributed by atoms with Gasteiger partial charge in [0.05, 0.1) is 11.3 Å². The maximum atomic E-state index is 9.16. The highest BCUT2D eigenvalue weighted by Crippen LogP contribution is 2.26. The van der Waals surface area contributed by atoms with E-state index in [1.807, 2.05) is 31.2 Å². The normalized spacial score (nSPS) is 11.1. The lowest BCUT2D eigenvalue weighted by Gasteiger charge is -2.19. The molecule has 2 rings (SSSR count). The van der Waals surface area contributed by atoms with E-state index < -0.39 is 0 Å². The summed E-state index contributed by atoms with van der Waals surface area (Å²) in [4.78, 5) is 4.48. The fourth-order valence-electron chi connectivity index (χ4n) is 2.00. The van der Waals surface area contributed by atoms with Crippen molar-refractivity contribution < 1.29 is 0 Å². The molecule has 1 heterocycles. The van der Waals surface area contributed by atoms with Crippen molar-refractivity contribution in [2.45, 2.75) is 33.1 Å². The minimum absolute atomic E-state index is 0.136. The lowest BCUT2D eigenvalue weighted by Crippen LogP contribution is -2.10. The number of aromatic nitrogens is 1. The van der Waals surface area contributed by atoms with Crippen LogP contribution in [0.1, 0.15) is 37.6 Å². The maximum absolute atomic E-state index is 9.16. The van der Waals surface area contributed by atoms with Crippen LogP contribution in [-0.2, 0) is 5.41 Å². The summed E-state index contributed by atoms with van der Waals surface area (Å²) in [5, 5.41) is 9.16. The van der Waals surface area contributed by atoms with Gasteiger partial charge in [-0.1, -0.05) is 45.0 Å². The first-order valence-electron chi connectivity index (χ1n) is 6.40. The van der Waals surface area contributed by atoms with E-state index in [1.54, 1.807) is 0 Å². The molecular formula is C17H18N2. The highest BCUT2D eigenvalue weighted by atomic mass is 14.7. The van der Waals surface area contributed by atoms with Gasteiger partial charge in [0, 0.05) is 11.3 Å². The second-order valence-electron chi connectivity index (χ2n) is 5.79. The molecule has 0 atom stereocenters. The molecule has 0 aliphatic rings. The molecule has 0 amide bonds. The minimum Gasteiger partial charge on any atom is -0.252 e. The van der Waals surface area contributed by atoms with Crippen LogP contribution in [0.3, 0.4) is 0 Å². The van der Waals surface area contributed by atoms with Crippen LogP contribution in [0.25, 0.3) is 11.3 Å². The molecule has 1 aromatic carbocycles. The van der Waals surface area contributed by atoms with Gasteiger partial charge in [0.2, 0.25) is 0 Å². The molecule has 0 aliphatic carbocycles. The predicted octanol–water partition coefficient (Wildman–Crippen LogP) is 4.23. The molecule has 0 unspecified atom stereocenters. The molecule has 0 aliphatic heterocycles. The van der Waals surface area contributed by atoms with Gasteiger partial charge in [-0.15, -0.1) is 0 Å². The Balaban J connectivity index is 2.49. The molecule has 0 saturated carbocycles. The van der Waals surface area contributed by atoms with Crippen molar-refractivity contribution >= 4 is 0 Å². The quantitative estimate of drug-likeness (QED) is 0.759. The Morgan fingerprint density at radius 2 is 1.63 bits per heavy atom. The molecule has 0 saturated heterocycles. The number of rotatable bonds is 1. The topological polar surface area (TPSA) is 36.7 Å². The highest BCUT2D eigenvalue weighted by Gasteiger charge is 2.14. The summed E-state index contributed by atoms with van der Waals surface area (Å²) in [6.07, 6.45) is 0. The van der Waals surface area contributed by atoms with Crippen molar-refractivity contribution in [3.8, 4) is 17.3 Å². The Kier molecular flexibility index (Phi) is 3.40. The summed E-state index contributed by atoms with van der Waals surface area (Å²) in [6.45, 7) is 8.50. The number of nitriles is 1. The lowest BCUT2D eigenvalue weighted by molar-refractivity contribution is 0.590. The second kappa shape index (κ2) is 4.85. The monoisotopic (exact) mass is 250 g/mol. The van der Waals surface area contributed by atoms with Crippen molar-refractivity contribution in [1.82, 2.24) is 4.98 Å². The van der Waals surface area contributed by atoms with E-state index >= 15 is 0 Å². The van der Waals surface area contributed by atoms with Crippen LogP contribution in [0.2, 0.25) is 0 Å². The van der Waals surface area contributed by atoms with Crippen LogP contribution in [0.4, 0.5) is 0 Å². The standard InChI is InChI=1S/C17H18N2/c1-12-5-6-14(11-18)16(19-12)13-7-9-15(10-8-13)17(2,3)4/h5-10H,1-4H3. The van der Waals surface area contributed by atoms with E-state index in [1.165, 1.54) is 5.56 Å². The fourth-order valence-corrected chi connectivity index (χ4v) is 2.00. The zero-order valence-corrected chi connectivity index (χ0v) is 11.9. The predicted molar refractivity (Wildman–Crippen MR) is 77.8 cm³/mol. The van der Waals surface area contributed by atoms with Gasteiger partial charge in [0.15, 0.2) is 0 Å². The zero-order valence-electron chi connectivity index (χ0n) is 11.9. The SMILES string of the molecule is Cc1ccc(C#N)c(-c2ccc(C(C)(C)C)cc2)n1. The number of hydrogen-bond donors (Lipinski definition) is 0. The number of aryl methyl sites for hydroxylation is 1. The van der Waals surface area contributed by atoms with Gasteiger partial charge in [-0.05, 0) is 30.0 Å². The summed E-state index contributed by atoms with van der Waals surface area (Å²) in [5.41, 5.74) is 4.72. The summed E-state index contributed by atoms with van der Waals surface area (Å²) in [6, 6.07) is 14.2. The smallest absolute Gasteiger partial charge is 0.101 e. The van der Waals surface area contributed by atoms with E-state index in [9.17, 15) is 0 Å². The van der Waals surface area contributed by atoms with Crippen LogP contribution in [0.15, 0.2) is 36.4 Å². The molecule has 2 nitrogen and oxygen atoms in total. The molecule has 0 radical (unpaired) electrons. The molecule has 0 N–H and O–H groups in total. The maximum Gasteiger partial charge on any atom is 0.101 e. The van der Waals surface area contributed by atoms with E-state index in [0.717, 1.165) is 17.0 Å². The lowest BCUT2D eigenvalue weighted by atomic mass is 9.86. The number of benzene rings is 1. The molecule has 1 aromatic heterocycles.